The molecule has 0 bridgehead atoms. The van der Waals surface area contributed by atoms with Crippen LogP contribution in [0.1, 0.15) is 30.4 Å². The number of carbonyl (C=O) groups excluding carboxylic acids is 2. The van der Waals surface area contributed by atoms with Gasteiger partial charge in [-0.1, -0.05) is 23.8 Å². The number of amides is 1. The van der Waals surface area contributed by atoms with Gasteiger partial charge < -0.3 is 10.1 Å². The molecule has 1 amide bonds. The summed E-state index contributed by atoms with van der Waals surface area (Å²) in [6, 6.07) is 9.65. The fraction of sp³-hybridized carbons (Fsp3) is 0.364. The second-order valence-electron chi connectivity index (χ2n) is 7.56. The van der Waals surface area contributed by atoms with E-state index in [1.807, 2.05) is 6.92 Å². The van der Waals surface area contributed by atoms with Crippen LogP contribution < -0.4 is 5.32 Å². The number of esters is 1. The second kappa shape index (κ2) is 9.57. The molecule has 2 aromatic carbocycles. The van der Waals surface area contributed by atoms with E-state index < -0.39 is 40.4 Å². The minimum absolute atomic E-state index is 0.108. The van der Waals surface area contributed by atoms with Crippen LogP contribution >= 0.6 is 0 Å². The zero-order valence-electron chi connectivity index (χ0n) is 17.4. The number of hydrogen-bond acceptors (Lipinski definition) is 5. The molecule has 1 saturated heterocycles. The molecule has 0 saturated carbocycles. The fourth-order valence-electron chi connectivity index (χ4n) is 3.37. The monoisotopic (exact) mass is 448 g/mol. The van der Waals surface area contributed by atoms with Gasteiger partial charge in [-0.2, -0.15) is 4.31 Å². The molecule has 1 fully saturated rings. The summed E-state index contributed by atoms with van der Waals surface area (Å²) in [4.78, 5) is 24.8. The molecular weight excluding hydrogens is 423 g/mol. The van der Waals surface area contributed by atoms with E-state index in [2.05, 4.69) is 5.32 Å². The second-order valence-corrected chi connectivity index (χ2v) is 9.45. The highest BCUT2D eigenvalue weighted by atomic mass is 32.2. The van der Waals surface area contributed by atoms with E-state index >= 15 is 0 Å². The lowest BCUT2D eigenvalue weighted by molar-refractivity contribution is -0.152. The molecule has 1 heterocycles. The molecule has 31 heavy (non-hydrogen) atoms. The highest BCUT2D eigenvalue weighted by Gasteiger charge is 2.38. The molecule has 3 rings (SSSR count). The van der Waals surface area contributed by atoms with Crippen LogP contribution in [-0.4, -0.2) is 43.8 Å². The summed E-state index contributed by atoms with van der Waals surface area (Å²) < 4.78 is 46.0. The number of carbonyl (C=O) groups is 2. The van der Waals surface area contributed by atoms with E-state index in [0.29, 0.717) is 24.8 Å². The minimum Gasteiger partial charge on any atom is -0.454 e. The molecule has 166 valence electrons. The highest BCUT2D eigenvalue weighted by molar-refractivity contribution is 7.89. The van der Waals surface area contributed by atoms with Gasteiger partial charge in [-0.25, -0.2) is 12.8 Å². The maximum Gasteiger partial charge on any atom is 0.324 e. The summed E-state index contributed by atoms with van der Waals surface area (Å²) >= 11 is 0. The number of piperidine rings is 1. The van der Waals surface area contributed by atoms with Crippen molar-refractivity contribution in [1.29, 1.82) is 0 Å². The Morgan fingerprint density at radius 1 is 1.13 bits per heavy atom. The molecule has 1 N–H and O–H groups in total. The van der Waals surface area contributed by atoms with E-state index in [-0.39, 0.29) is 17.1 Å². The number of benzene rings is 2. The van der Waals surface area contributed by atoms with E-state index in [4.69, 9.17) is 4.74 Å². The van der Waals surface area contributed by atoms with Gasteiger partial charge in [-0.15, -0.1) is 0 Å². The van der Waals surface area contributed by atoms with Crippen molar-refractivity contribution in [2.75, 3.05) is 18.5 Å². The largest absolute Gasteiger partial charge is 0.454 e. The maximum absolute atomic E-state index is 13.6. The number of nitrogens with one attached hydrogen (secondary N) is 1. The number of aryl methyl sites for hydroxylation is 2. The number of hydrogen-bond donors (Lipinski definition) is 1. The van der Waals surface area contributed by atoms with Crippen LogP contribution in [0.2, 0.25) is 0 Å². The summed E-state index contributed by atoms with van der Waals surface area (Å²) in [5, 5.41) is 2.45. The van der Waals surface area contributed by atoms with Gasteiger partial charge in [-0.05, 0) is 62.9 Å². The van der Waals surface area contributed by atoms with Crippen molar-refractivity contribution in [3.05, 3.63) is 59.4 Å². The summed E-state index contributed by atoms with van der Waals surface area (Å²) in [5.74, 6) is -1.88. The first-order valence-electron chi connectivity index (χ1n) is 9.99. The first kappa shape index (κ1) is 22.9. The predicted molar refractivity (Wildman–Crippen MR) is 113 cm³/mol. The van der Waals surface area contributed by atoms with Gasteiger partial charge in [0.2, 0.25) is 10.0 Å². The average molecular weight is 449 g/mol. The average Bonchev–Trinajstić information content (AvgIpc) is 2.75. The number of anilines is 1. The zero-order valence-corrected chi connectivity index (χ0v) is 18.2. The molecule has 1 unspecified atom stereocenters. The van der Waals surface area contributed by atoms with Crippen LogP contribution in [0, 0.1) is 19.7 Å². The Kier molecular flexibility index (Phi) is 7.07. The van der Waals surface area contributed by atoms with E-state index in [9.17, 15) is 22.4 Å². The summed E-state index contributed by atoms with van der Waals surface area (Å²) in [7, 11) is -3.88. The Labute approximate surface area is 181 Å². The van der Waals surface area contributed by atoms with Gasteiger partial charge in [0.15, 0.2) is 6.61 Å². The number of rotatable bonds is 6. The van der Waals surface area contributed by atoms with Crippen molar-refractivity contribution in [2.45, 2.75) is 44.0 Å². The van der Waals surface area contributed by atoms with E-state index in [0.717, 1.165) is 9.87 Å². The molecule has 1 aliphatic rings. The zero-order chi connectivity index (χ0) is 22.6. The van der Waals surface area contributed by atoms with Crippen molar-refractivity contribution in [2.24, 2.45) is 0 Å². The first-order chi connectivity index (χ1) is 14.7. The number of nitrogens with zero attached hydrogens (tertiary/aromatic N) is 1. The van der Waals surface area contributed by atoms with Gasteiger partial charge in [-0.3, -0.25) is 9.59 Å². The lowest BCUT2D eigenvalue weighted by Gasteiger charge is -2.33. The molecule has 0 aromatic heterocycles. The Hall–Kier alpha value is -2.78. The first-order valence-corrected chi connectivity index (χ1v) is 11.4. The van der Waals surface area contributed by atoms with Gasteiger partial charge in [0.25, 0.3) is 5.91 Å². The molecule has 0 spiro atoms. The smallest absolute Gasteiger partial charge is 0.324 e. The lowest BCUT2D eigenvalue weighted by atomic mass is 10.1. The summed E-state index contributed by atoms with van der Waals surface area (Å²) in [6.07, 6.45) is 1.62. The predicted octanol–water partition coefficient (Wildman–Crippen LogP) is 3.17. The van der Waals surface area contributed by atoms with Crippen molar-refractivity contribution < 1.29 is 27.1 Å². The molecule has 2 aromatic rings. The minimum atomic E-state index is -3.88. The Morgan fingerprint density at radius 2 is 1.84 bits per heavy atom. The van der Waals surface area contributed by atoms with Crippen molar-refractivity contribution in [1.82, 2.24) is 4.31 Å². The van der Waals surface area contributed by atoms with Crippen molar-refractivity contribution in [3.8, 4) is 0 Å². The van der Waals surface area contributed by atoms with Gasteiger partial charge >= 0.3 is 5.97 Å². The normalized spacial score (nSPS) is 17.2. The summed E-state index contributed by atoms with van der Waals surface area (Å²) in [5.41, 5.74) is 1.61. The van der Waals surface area contributed by atoms with E-state index in [1.165, 1.54) is 30.3 Å². The third-order valence-electron chi connectivity index (χ3n) is 5.15. The van der Waals surface area contributed by atoms with Gasteiger partial charge in [0.1, 0.15) is 11.9 Å². The third kappa shape index (κ3) is 5.48. The standard InChI is InChI=1S/C22H25FN2O5S/c1-15-6-10-18(11-7-15)31(28,29)25-12-4-3-5-20(25)22(27)30-14-21(26)24-17-9-8-16(2)19(23)13-17/h6-11,13,20H,3-5,12,14H2,1-2H3,(H,24,26). The Bertz CT molecular complexity index is 1070. The highest BCUT2D eigenvalue weighted by Crippen LogP contribution is 2.26. The number of ether oxygens (including phenoxy) is 1. The molecule has 0 aliphatic carbocycles. The van der Waals surface area contributed by atoms with Crippen molar-refractivity contribution in [3.63, 3.8) is 0 Å². The van der Waals surface area contributed by atoms with Gasteiger partial charge in [0, 0.05) is 12.2 Å². The number of halogens is 1. The quantitative estimate of drug-likeness (QED) is 0.686. The van der Waals surface area contributed by atoms with Crippen LogP contribution in [0.15, 0.2) is 47.4 Å². The Balaban J connectivity index is 1.65. The lowest BCUT2D eigenvalue weighted by Crippen LogP contribution is -2.48. The van der Waals surface area contributed by atoms with Crippen molar-refractivity contribution >= 4 is 27.6 Å². The molecule has 1 atom stereocenters. The van der Waals surface area contributed by atoms with Crippen LogP contribution in [0.25, 0.3) is 0 Å². The number of sulfonamides is 1. The van der Waals surface area contributed by atoms with Crippen LogP contribution in [-0.2, 0) is 24.3 Å². The molecule has 9 heteroatoms. The third-order valence-corrected chi connectivity index (χ3v) is 7.08. The topological polar surface area (TPSA) is 92.8 Å². The fourth-order valence-corrected chi connectivity index (χ4v) is 5.02. The van der Waals surface area contributed by atoms with Gasteiger partial charge in [0.05, 0.1) is 4.90 Å². The molecule has 0 radical (unpaired) electrons. The molecule has 1 aliphatic heterocycles. The van der Waals surface area contributed by atoms with Crippen LogP contribution in [0.5, 0.6) is 0 Å². The Morgan fingerprint density at radius 3 is 2.52 bits per heavy atom. The van der Waals surface area contributed by atoms with E-state index in [1.54, 1.807) is 19.1 Å². The summed E-state index contributed by atoms with van der Waals surface area (Å²) in [6.45, 7) is 3.06. The van der Waals surface area contributed by atoms with Crippen LogP contribution in [0.3, 0.4) is 0 Å². The molecular formula is C22H25FN2O5S. The van der Waals surface area contributed by atoms with Crippen LogP contribution in [0.4, 0.5) is 10.1 Å². The maximum atomic E-state index is 13.6. The molecule has 7 nitrogen and oxygen atoms in total. The SMILES string of the molecule is Cc1ccc(S(=O)(=O)N2CCCCC2C(=O)OCC(=O)Nc2ccc(C)c(F)c2)cc1.